The average Bonchev–Trinajstić information content (AvgIpc) is 2.69. The molecule has 6 heteroatoms. The Morgan fingerprint density at radius 2 is 1.93 bits per heavy atom. The molecule has 2 aromatic carbocycles. The lowest BCUT2D eigenvalue weighted by molar-refractivity contribution is 0.0827. The number of hydrogen-bond acceptors (Lipinski definition) is 2. The Morgan fingerprint density at radius 3 is 2.62 bits per heavy atom. The maximum atomic E-state index is 13.5. The van der Waals surface area contributed by atoms with Gasteiger partial charge in [0.1, 0.15) is 5.82 Å². The summed E-state index contributed by atoms with van der Waals surface area (Å²) in [6.45, 7) is 3.04. The van der Waals surface area contributed by atoms with Crippen molar-refractivity contribution >= 4 is 33.4 Å². The molecule has 0 aliphatic carbocycles. The molecule has 0 unspecified atom stereocenters. The quantitative estimate of drug-likeness (QED) is 0.548. The molecule has 156 valence electrons. The highest BCUT2D eigenvalue weighted by atomic mass is 79.9. The summed E-state index contributed by atoms with van der Waals surface area (Å²) < 4.78 is 14.5. The molecule has 1 amide bonds. The second-order valence-corrected chi connectivity index (χ2v) is 9.31. The Morgan fingerprint density at radius 1 is 1.21 bits per heavy atom. The third-order valence-corrected chi connectivity index (χ3v) is 6.54. The first-order valence-corrected chi connectivity index (χ1v) is 11.2. The predicted octanol–water partition coefficient (Wildman–Crippen LogP) is 5.44. The maximum Gasteiger partial charge on any atom is 0.253 e. The van der Waals surface area contributed by atoms with Gasteiger partial charge in [0.15, 0.2) is 0 Å². The molecule has 2 aromatic rings. The molecule has 1 aliphatic heterocycles. The minimum absolute atomic E-state index is 0.0296. The van der Waals surface area contributed by atoms with E-state index in [9.17, 15) is 9.18 Å². The molecule has 3 rings (SSSR count). The van der Waals surface area contributed by atoms with Crippen molar-refractivity contribution in [2.45, 2.75) is 25.7 Å². The van der Waals surface area contributed by atoms with Gasteiger partial charge in [-0.15, -0.1) is 0 Å². The van der Waals surface area contributed by atoms with E-state index in [0.717, 1.165) is 60.9 Å². The molecule has 0 bridgehead atoms. The summed E-state index contributed by atoms with van der Waals surface area (Å²) in [4.78, 5) is 16.2. The molecule has 0 atom stereocenters. The normalized spacial score (nSPS) is 15.5. The molecule has 1 fully saturated rings. The van der Waals surface area contributed by atoms with E-state index < -0.39 is 0 Å². The summed E-state index contributed by atoms with van der Waals surface area (Å²) in [5.74, 6) is 0.382. The fraction of sp³-hybridized carbons (Fsp3) is 0.435. The van der Waals surface area contributed by atoms with Crippen LogP contribution in [0.15, 0.2) is 40.9 Å². The molecule has 1 heterocycles. The Labute approximate surface area is 186 Å². The number of piperidine rings is 1. The predicted molar refractivity (Wildman–Crippen MR) is 120 cm³/mol. The first-order chi connectivity index (χ1) is 13.8. The zero-order valence-electron chi connectivity index (χ0n) is 16.9. The van der Waals surface area contributed by atoms with Gasteiger partial charge in [0.2, 0.25) is 0 Å². The lowest BCUT2D eigenvalue weighted by Gasteiger charge is -2.32. The minimum atomic E-state index is -0.172. The van der Waals surface area contributed by atoms with Crippen LogP contribution in [0.3, 0.4) is 0 Å². The van der Waals surface area contributed by atoms with Gasteiger partial charge in [-0.1, -0.05) is 27.5 Å². The number of likely N-dealkylation sites (tertiary alicyclic amines) is 1. The summed E-state index contributed by atoms with van der Waals surface area (Å²) >= 11 is 9.76. The first-order valence-electron chi connectivity index (χ1n) is 9.99. The zero-order valence-corrected chi connectivity index (χ0v) is 19.3. The molecule has 1 aliphatic rings. The van der Waals surface area contributed by atoms with Crippen LogP contribution in [0.4, 0.5) is 4.39 Å². The molecule has 3 nitrogen and oxygen atoms in total. The van der Waals surface area contributed by atoms with Crippen molar-refractivity contribution in [1.82, 2.24) is 9.80 Å². The number of amides is 1. The van der Waals surface area contributed by atoms with E-state index in [4.69, 9.17) is 11.6 Å². The molecule has 0 N–H and O–H groups in total. The van der Waals surface area contributed by atoms with Gasteiger partial charge in [-0.3, -0.25) is 4.79 Å². The Bertz CT molecular complexity index is 866. The van der Waals surface area contributed by atoms with E-state index >= 15 is 0 Å². The van der Waals surface area contributed by atoms with E-state index in [1.807, 2.05) is 12.1 Å². The van der Waals surface area contributed by atoms with Crippen LogP contribution in [0.2, 0.25) is 5.02 Å². The molecule has 0 radical (unpaired) electrons. The lowest BCUT2D eigenvalue weighted by atomic mass is 9.90. The lowest BCUT2D eigenvalue weighted by Crippen LogP contribution is -2.35. The highest BCUT2D eigenvalue weighted by Crippen LogP contribution is 2.27. The third-order valence-electron chi connectivity index (χ3n) is 5.55. The number of nitrogens with zero attached hydrogens (tertiary/aromatic N) is 2. The summed E-state index contributed by atoms with van der Waals surface area (Å²) in [5, 5.41) is 0.604. The van der Waals surface area contributed by atoms with Gasteiger partial charge in [-0.2, -0.15) is 0 Å². The Hall–Kier alpha value is -1.43. The maximum absolute atomic E-state index is 13.5. The molecule has 0 saturated carbocycles. The molecule has 0 spiro atoms. The van der Waals surface area contributed by atoms with E-state index in [0.29, 0.717) is 16.5 Å². The number of carbonyl (C=O) groups is 1. The standard InChI is InChI=1S/C23H27BrClFN2O/c1-27(2)23(29)19-12-17(13-20(25)14-19)7-10-28-8-5-16(6-9-28)11-18-15-21(26)3-4-22(18)24/h3-4,12-16H,5-11H2,1-2H3. The highest BCUT2D eigenvalue weighted by Gasteiger charge is 2.20. The van der Waals surface area contributed by atoms with Crippen molar-refractivity contribution in [1.29, 1.82) is 0 Å². The van der Waals surface area contributed by atoms with Crippen LogP contribution in [0, 0.1) is 11.7 Å². The van der Waals surface area contributed by atoms with Crippen LogP contribution in [0.5, 0.6) is 0 Å². The SMILES string of the molecule is CN(C)C(=O)c1cc(Cl)cc(CCN2CCC(Cc3cc(F)ccc3Br)CC2)c1. The van der Waals surface area contributed by atoms with E-state index in [2.05, 4.69) is 20.8 Å². The number of benzene rings is 2. The van der Waals surface area contributed by atoms with Crippen LogP contribution in [0.25, 0.3) is 0 Å². The van der Waals surface area contributed by atoms with Gasteiger partial charge < -0.3 is 9.80 Å². The van der Waals surface area contributed by atoms with Gasteiger partial charge in [0, 0.05) is 35.7 Å². The van der Waals surface area contributed by atoms with Crippen molar-refractivity contribution in [3.63, 3.8) is 0 Å². The fourth-order valence-corrected chi connectivity index (χ4v) is 4.55. The fourth-order valence-electron chi connectivity index (χ4n) is 3.89. The Balaban J connectivity index is 1.51. The zero-order chi connectivity index (χ0) is 21.0. The molecule has 1 saturated heterocycles. The van der Waals surface area contributed by atoms with Crippen molar-refractivity contribution in [3.8, 4) is 0 Å². The van der Waals surface area contributed by atoms with Crippen molar-refractivity contribution in [2.24, 2.45) is 5.92 Å². The van der Waals surface area contributed by atoms with Gasteiger partial charge in [0.05, 0.1) is 0 Å². The van der Waals surface area contributed by atoms with Crippen LogP contribution in [-0.4, -0.2) is 49.4 Å². The third kappa shape index (κ3) is 6.27. The van der Waals surface area contributed by atoms with Crippen LogP contribution in [-0.2, 0) is 12.8 Å². The van der Waals surface area contributed by atoms with Crippen molar-refractivity contribution < 1.29 is 9.18 Å². The summed E-state index contributed by atoms with van der Waals surface area (Å²) in [6, 6.07) is 10.5. The summed E-state index contributed by atoms with van der Waals surface area (Å²) in [6.07, 6.45) is 4.01. The topological polar surface area (TPSA) is 23.6 Å². The highest BCUT2D eigenvalue weighted by molar-refractivity contribution is 9.10. The minimum Gasteiger partial charge on any atom is -0.345 e. The van der Waals surface area contributed by atoms with E-state index in [-0.39, 0.29) is 11.7 Å². The average molecular weight is 482 g/mol. The number of halogens is 3. The summed E-state index contributed by atoms with van der Waals surface area (Å²) in [7, 11) is 3.49. The van der Waals surface area contributed by atoms with Crippen molar-refractivity contribution in [2.75, 3.05) is 33.7 Å². The number of rotatable bonds is 6. The van der Waals surface area contributed by atoms with E-state index in [1.54, 1.807) is 37.2 Å². The molecular formula is C23H27BrClFN2O. The number of carbonyl (C=O) groups excluding carboxylic acids is 1. The van der Waals surface area contributed by atoms with Crippen LogP contribution in [0.1, 0.15) is 34.3 Å². The van der Waals surface area contributed by atoms with Crippen LogP contribution < -0.4 is 0 Å². The van der Waals surface area contributed by atoms with E-state index in [1.165, 1.54) is 6.07 Å². The molecule has 0 aromatic heterocycles. The first kappa shape index (κ1) is 22.3. The van der Waals surface area contributed by atoms with Crippen molar-refractivity contribution in [3.05, 3.63) is 68.4 Å². The van der Waals surface area contributed by atoms with Crippen LogP contribution >= 0.6 is 27.5 Å². The number of hydrogen-bond donors (Lipinski definition) is 0. The summed E-state index contributed by atoms with van der Waals surface area (Å²) in [5.41, 5.74) is 2.78. The second kappa shape index (κ2) is 10.1. The molecule has 29 heavy (non-hydrogen) atoms. The van der Waals surface area contributed by atoms with Gasteiger partial charge in [0.25, 0.3) is 5.91 Å². The Kier molecular flexibility index (Phi) is 7.72. The smallest absolute Gasteiger partial charge is 0.253 e. The van der Waals surface area contributed by atoms with Gasteiger partial charge >= 0.3 is 0 Å². The largest absolute Gasteiger partial charge is 0.345 e. The monoisotopic (exact) mass is 480 g/mol. The second-order valence-electron chi connectivity index (χ2n) is 8.02. The van der Waals surface area contributed by atoms with Gasteiger partial charge in [-0.25, -0.2) is 4.39 Å². The molecular weight excluding hydrogens is 455 g/mol. The van der Waals surface area contributed by atoms with Gasteiger partial charge in [-0.05, 0) is 92.2 Å².